The number of hydrogen-bond donors (Lipinski definition) is 0. The van der Waals surface area contributed by atoms with Gasteiger partial charge in [-0.15, -0.1) is 0 Å². The van der Waals surface area contributed by atoms with E-state index in [4.69, 9.17) is 0 Å². The van der Waals surface area contributed by atoms with Crippen molar-refractivity contribution in [3.05, 3.63) is 18.2 Å². The molecule has 0 unspecified atom stereocenters. The van der Waals surface area contributed by atoms with Gasteiger partial charge in [-0.05, 0) is 26.9 Å². The molecule has 0 aromatic carbocycles. The van der Waals surface area contributed by atoms with Gasteiger partial charge in [0, 0.05) is 25.2 Å². The zero-order valence-electron chi connectivity index (χ0n) is 8.57. The van der Waals surface area contributed by atoms with Gasteiger partial charge in [0.15, 0.2) is 0 Å². The van der Waals surface area contributed by atoms with E-state index in [2.05, 4.69) is 30.1 Å². The second kappa shape index (κ2) is 3.14. The largest absolute Gasteiger partial charge is 0.340 e. The van der Waals surface area contributed by atoms with E-state index >= 15 is 0 Å². The Morgan fingerprint density at radius 2 is 2.23 bits per heavy atom. The molecule has 0 amide bonds. The molecule has 1 aliphatic heterocycles. The van der Waals surface area contributed by atoms with Crippen LogP contribution in [0.4, 0.5) is 0 Å². The Balaban J connectivity index is 2.18. The third-order valence-corrected chi connectivity index (χ3v) is 3.18. The lowest BCUT2D eigenvalue weighted by atomic mass is 9.99. The normalized spacial score (nSPS) is 29.8. The van der Waals surface area contributed by atoms with E-state index in [1.807, 2.05) is 17.9 Å². The van der Waals surface area contributed by atoms with Gasteiger partial charge < -0.3 is 9.47 Å². The monoisotopic (exact) mass is 179 g/mol. The maximum atomic E-state index is 4.42. The lowest BCUT2D eigenvalue weighted by molar-refractivity contribution is 0.317. The topological polar surface area (TPSA) is 21.1 Å². The summed E-state index contributed by atoms with van der Waals surface area (Å²) in [6.45, 7) is 3.48. The molecule has 1 fully saturated rings. The van der Waals surface area contributed by atoms with E-state index < -0.39 is 0 Å². The van der Waals surface area contributed by atoms with Crippen molar-refractivity contribution in [1.29, 1.82) is 0 Å². The minimum absolute atomic E-state index is 0.631. The van der Waals surface area contributed by atoms with Crippen LogP contribution >= 0.6 is 0 Å². The molecule has 0 N–H and O–H groups in total. The van der Waals surface area contributed by atoms with Crippen molar-refractivity contribution in [2.24, 2.45) is 7.05 Å². The molecule has 1 aliphatic rings. The lowest BCUT2D eigenvalue weighted by Gasteiger charge is -2.18. The van der Waals surface area contributed by atoms with Crippen LogP contribution in [-0.2, 0) is 7.05 Å². The minimum Gasteiger partial charge on any atom is -0.340 e. The van der Waals surface area contributed by atoms with Crippen molar-refractivity contribution in [2.75, 3.05) is 13.6 Å². The van der Waals surface area contributed by atoms with Gasteiger partial charge in [0.2, 0.25) is 0 Å². The fourth-order valence-electron chi connectivity index (χ4n) is 2.11. The molecule has 2 atom stereocenters. The summed E-state index contributed by atoms with van der Waals surface area (Å²) in [5.74, 6) is 0.631. The first-order valence-electron chi connectivity index (χ1n) is 4.86. The summed E-state index contributed by atoms with van der Waals surface area (Å²) in [5, 5.41) is 0. The Bertz CT molecular complexity index is 292. The first-order chi connectivity index (χ1) is 6.18. The number of imidazole rings is 1. The van der Waals surface area contributed by atoms with E-state index in [1.165, 1.54) is 18.7 Å². The maximum absolute atomic E-state index is 4.42. The van der Waals surface area contributed by atoms with Crippen LogP contribution in [-0.4, -0.2) is 34.1 Å². The van der Waals surface area contributed by atoms with Crippen LogP contribution in [0.2, 0.25) is 0 Å². The summed E-state index contributed by atoms with van der Waals surface area (Å²) >= 11 is 0. The molecule has 3 nitrogen and oxygen atoms in total. The summed E-state index contributed by atoms with van der Waals surface area (Å²) < 4.78 is 2.03. The third-order valence-electron chi connectivity index (χ3n) is 3.18. The van der Waals surface area contributed by atoms with Gasteiger partial charge in [-0.1, -0.05) is 0 Å². The Morgan fingerprint density at radius 3 is 2.69 bits per heavy atom. The van der Waals surface area contributed by atoms with Crippen LogP contribution in [0.3, 0.4) is 0 Å². The highest BCUT2D eigenvalue weighted by Crippen LogP contribution is 2.30. The van der Waals surface area contributed by atoms with E-state index in [9.17, 15) is 0 Å². The van der Waals surface area contributed by atoms with Crippen molar-refractivity contribution < 1.29 is 0 Å². The molecule has 0 spiro atoms. The zero-order valence-corrected chi connectivity index (χ0v) is 8.57. The molecule has 0 radical (unpaired) electrons. The van der Waals surface area contributed by atoms with E-state index in [-0.39, 0.29) is 0 Å². The summed E-state index contributed by atoms with van der Waals surface area (Å²) in [7, 11) is 4.22. The molecule has 0 saturated carbocycles. The zero-order chi connectivity index (χ0) is 9.42. The van der Waals surface area contributed by atoms with Crippen LogP contribution in [0.1, 0.15) is 25.0 Å². The van der Waals surface area contributed by atoms with E-state index in [1.54, 1.807) is 0 Å². The number of aryl methyl sites for hydroxylation is 1. The molecular weight excluding hydrogens is 162 g/mol. The molecule has 0 bridgehead atoms. The molecule has 2 rings (SSSR count). The van der Waals surface area contributed by atoms with Gasteiger partial charge in [0.25, 0.3) is 0 Å². The molecule has 2 heterocycles. The Hall–Kier alpha value is -0.830. The van der Waals surface area contributed by atoms with E-state index in [0.717, 1.165) is 0 Å². The quantitative estimate of drug-likeness (QED) is 0.646. The van der Waals surface area contributed by atoms with Gasteiger partial charge in [-0.3, -0.25) is 0 Å². The van der Waals surface area contributed by atoms with Crippen LogP contribution in [0.15, 0.2) is 12.5 Å². The van der Waals surface area contributed by atoms with Gasteiger partial charge in [-0.2, -0.15) is 0 Å². The molecule has 1 saturated heterocycles. The van der Waals surface area contributed by atoms with Crippen molar-refractivity contribution in [1.82, 2.24) is 14.5 Å². The standard InChI is InChI=1S/C10H17N3/c1-8-9(4-5-13(8)3)10-6-12(2)7-11-10/h6-9H,4-5H2,1-3H3/t8-,9+/m0/s1. The minimum atomic E-state index is 0.631. The fraction of sp³-hybridized carbons (Fsp3) is 0.700. The van der Waals surface area contributed by atoms with Crippen LogP contribution < -0.4 is 0 Å². The van der Waals surface area contributed by atoms with Gasteiger partial charge in [0.05, 0.1) is 12.0 Å². The van der Waals surface area contributed by atoms with Crippen LogP contribution in [0.25, 0.3) is 0 Å². The molecule has 72 valence electrons. The van der Waals surface area contributed by atoms with Crippen LogP contribution in [0, 0.1) is 0 Å². The van der Waals surface area contributed by atoms with Crippen molar-refractivity contribution in [2.45, 2.75) is 25.3 Å². The summed E-state index contributed by atoms with van der Waals surface area (Å²) in [4.78, 5) is 6.82. The third kappa shape index (κ3) is 1.48. The maximum Gasteiger partial charge on any atom is 0.0946 e. The molecule has 0 aliphatic carbocycles. The smallest absolute Gasteiger partial charge is 0.0946 e. The highest BCUT2D eigenvalue weighted by molar-refractivity contribution is 5.10. The van der Waals surface area contributed by atoms with Crippen LogP contribution in [0.5, 0.6) is 0 Å². The first kappa shape index (κ1) is 8.75. The number of likely N-dealkylation sites (tertiary alicyclic amines) is 1. The second-order valence-electron chi connectivity index (χ2n) is 4.08. The van der Waals surface area contributed by atoms with Crippen molar-refractivity contribution in [3.63, 3.8) is 0 Å². The average molecular weight is 179 g/mol. The SMILES string of the molecule is C[C@H]1[C@H](c2cn(C)cn2)CCN1C. The van der Waals surface area contributed by atoms with Crippen molar-refractivity contribution in [3.8, 4) is 0 Å². The van der Waals surface area contributed by atoms with Gasteiger partial charge >= 0.3 is 0 Å². The first-order valence-corrected chi connectivity index (χ1v) is 4.86. The predicted octanol–water partition coefficient (Wildman–Crippen LogP) is 1.23. The average Bonchev–Trinajstić information content (AvgIpc) is 2.62. The lowest BCUT2D eigenvalue weighted by Crippen LogP contribution is -2.24. The number of hydrogen-bond acceptors (Lipinski definition) is 2. The number of rotatable bonds is 1. The number of likely N-dealkylation sites (N-methyl/N-ethyl adjacent to an activating group) is 1. The van der Waals surface area contributed by atoms with Gasteiger partial charge in [-0.25, -0.2) is 4.98 Å². The Morgan fingerprint density at radius 1 is 1.46 bits per heavy atom. The molecule has 1 aromatic heterocycles. The molecule has 3 heteroatoms. The summed E-state index contributed by atoms with van der Waals surface area (Å²) in [5.41, 5.74) is 1.25. The number of aromatic nitrogens is 2. The molecular formula is C10H17N3. The Kier molecular flexibility index (Phi) is 2.12. The predicted molar refractivity (Wildman–Crippen MR) is 52.7 cm³/mol. The fourth-order valence-corrected chi connectivity index (χ4v) is 2.11. The number of nitrogens with zero attached hydrogens (tertiary/aromatic N) is 3. The molecule has 1 aromatic rings. The second-order valence-corrected chi connectivity index (χ2v) is 4.08. The highest BCUT2D eigenvalue weighted by Gasteiger charge is 2.30. The van der Waals surface area contributed by atoms with E-state index in [0.29, 0.717) is 12.0 Å². The summed E-state index contributed by atoms with van der Waals surface area (Å²) in [6.07, 6.45) is 5.27. The summed E-state index contributed by atoms with van der Waals surface area (Å²) in [6, 6.07) is 0.634. The molecule has 13 heavy (non-hydrogen) atoms. The van der Waals surface area contributed by atoms with Crippen molar-refractivity contribution >= 4 is 0 Å². The Labute approximate surface area is 79.4 Å². The van der Waals surface area contributed by atoms with Gasteiger partial charge in [0.1, 0.15) is 0 Å². The highest BCUT2D eigenvalue weighted by atomic mass is 15.2.